The molecule has 0 saturated heterocycles. The van der Waals surface area contributed by atoms with Gasteiger partial charge in [0.2, 0.25) is 0 Å². The number of carbonyl (C=O) groups excluding carboxylic acids is 1. The molecular weight excluding hydrogens is 228 g/mol. The van der Waals surface area contributed by atoms with E-state index in [9.17, 15) is 4.79 Å². The van der Waals surface area contributed by atoms with Crippen LogP contribution in [0.5, 0.6) is 5.75 Å². The third-order valence-electron chi connectivity index (χ3n) is 3.41. The van der Waals surface area contributed by atoms with Gasteiger partial charge in [-0.2, -0.15) is 0 Å². The molecule has 18 heavy (non-hydrogen) atoms. The first kappa shape index (κ1) is 12.9. The fourth-order valence-electron chi connectivity index (χ4n) is 2.24. The van der Waals surface area contributed by atoms with Gasteiger partial charge in [-0.15, -0.1) is 0 Å². The third kappa shape index (κ3) is 2.66. The van der Waals surface area contributed by atoms with E-state index in [1.165, 1.54) is 31.1 Å². The van der Waals surface area contributed by atoms with E-state index in [4.69, 9.17) is 9.47 Å². The van der Waals surface area contributed by atoms with Crippen molar-refractivity contribution in [1.82, 2.24) is 0 Å². The summed E-state index contributed by atoms with van der Waals surface area (Å²) in [7, 11) is 1.40. The van der Waals surface area contributed by atoms with Gasteiger partial charge in [-0.25, -0.2) is 0 Å². The van der Waals surface area contributed by atoms with Crippen LogP contribution in [0.4, 0.5) is 0 Å². The maximum Gasteiger partial charge on any atom is 0.314 e. The van der Waals surface area contributed by atoms with Crippen molar-refractivity contribution in [2.75, 3.05) is 13.7 Å². The Morgan fingerprint density at radius 2 is 2.00 bits per heavy atom. The van der Waals surface area contributed by atoms with Crippen LogP contribution in [0.15, 0.2) is 18.2 Å². The highest BCUT2D eigenvalue weighted by molar-refractivity contribution is 5.75. The Hall–Kier alpha value is -1.51. The van der Waals surface area contributed by atoms with Gasteiger partial charge < -0.3 is 9.47 Å². The Balaban J connectivity index is 2.00. The molecule has 1 aliphatic rings. The summed E-state index contributed by atoms with van der Waals surface area (Å²) in [6.07, 6.45) is 3.53. The van der Waals surface area contributed by atoms with E-state index in [-0.39, 0.29) is 5.97 Å². The lowest BCUT2D eigenvalue weighted by Gasteiger charge is -2.21. The minimum atomic E-state index is -0.617. The number of hydrogen-bond donors (Lipinski definition) is 0. The highest BCUT2D eigenvalue weighted by atomic mass is 16.5. The van der Waals surface area contributed by atoms with Crippen molar-refractivity contribution in [3.63, 3.8) is 0 Å². The van der Waals surface area contributed by atoms with Crippen LogP contribution < -0.4 is 4.74 Å². The normalized spacial score (nSPS) is 14.2. The number of carbonyl (C=O) groups is 1. The Morgan fingerprint density at radius 3 is 2.72 bits per heavy atom. The van der Waals surface area contributed by atoms with Crippen molar-refractivity contribution in [3.8, 4) is 5.75 Å². The second-order valence-corrected chi connectivity index (χ2v) is 5.45. The van der Waals surface area contributed by atoms with Crippen LogP contribution in [-0.4, -0.2) is 19.7 Å². The lowest BCUT2D eigenvalue weighted by atomic mass is 9.95. The molecule has 98 valence electrons. The molecule has 0 fully saturated rings. The van der Waals surface area contributed by atoms with Gasteiger partial charge in [-0.3, -0.25) is 4.79 Å². The van der Waals surface area contributed by atoms with E-state index in [1.807, 2.05) is 19.9 Å². The summed E-state index contributed by atoms with van der Waals surface area (Å²) >= 11 is 0. The summed E-state index contributed by atoms with van der Waals surface area (Å²) in [5, 5.41) is 0. The predicted molar refractivity (Wildman–Crippen MR) is 69.8 cm³/mol. The Bertz CT molecular complexity index is 449. The lowest BCUT2D eigenvalue weighted by Crippen LogP contribution is -2.32. The summed E-state index contributed by atoms with van der Waals surface area (Å²) in [5.74, 6) is 0.594. The molecule has 3 nitrogen and oxygen atoms in total. The monoisotopic (exact) mass is 248 g/mol. The Kier molecular flexibility index (Phi) is 3.60. The number of aryl methyl sites for hydroxylation is 2. The molecule has 1 aromatic rings. The minimum absolute atomic E-state index is 0.247. The standard InChI is InChI=1S/C15H20O3/c1-15(2,14(16)17-3)10-18-13-8-7-11-5-4-6-12(11)9-13/h7-9H,4-6,10H2,1-3H3. The zero-order valence-corrected chi connectivity index (χ0v) is 11.3. The van der Waals surface area contributed by atoms with Crippen molar-refractivity contribution < 1.29 is 14.3 Å². The molecule has 1 aromatic carbocycles. The second-order valence-electron chi connectivity index (χ2n) is 5.45. The average molecular weight is 248 g/mol. The largest absolute Gasteiger partial charge is 0.492 e. The van der Waals surface area contributed by atoms with Crippen molar-refractivity contribution in [2.45, 2.75) is 33.1 Å². The number of fused-ring (bicyclic) bond motifs is 1. The van der Waals surface area contributed by atoms with Crippen LogP contribution in [0.1, 0.15) is 31.4 Å². The molecule has 0 saturated carbocycles. The van der Waals surface area contributed by atoms with Crippen LogP contribution in [0.2, 0.25) is 0 Å². The van der Waals surface area contributed by atoms with Gasteiger partial charge in [0.05, 0.1) is 12.5 Å². The summed E-state index contributed by atoms with van der Waals surface area (Å²) in [6, 6.07) is 6.20. The van der Waals surface area contributed by atoms with Crippen molar-refractivity contribution >= 4 is 5.97 Å². The first-order valence-electron chi connectivity index (χ1n) is 6.36. The molecule has 0 aromatic heterocycles. The molecule has 0 amide bonds. The molecule has 0 heterocycles. The first-order valence-corrected chi connectivity index (χ1v) is 6.36. The number of ether oxygens (including phenoxy) is 2. The number of benzene rings is 1. The van der Waals surface area contributed by atoms with Crippen molar-refractivity contribution in [3.05, 3.63) is 29.3 Å². The molecule has 3 heteroatoms. The highest BCUT2D eigenvalue weighted by Crippen LogP contribution is 2.27. The smallest absolute Gasteiger partial charge is 0.314 e. The average Bonchev–Trinajstić information content (AvgIpc) is 2.82. The molecule has 0 aliphatic heterocycles. The molecule has 1 aliphatic carbocycles. The Morgan fingerprint density at radius 1 is 1.28 bits per heavy atom. The van der Waals surface area contributed by atoms with E-state index >= 15 is 0 Å². The van der Waals surface area contributed by atoms with Crippen LogP contribution in [0.25, 0.3) is 0 Å². The molecule has 2 rings (SSSR count). The molecule has 0 bridgehead atoms. The maximum atomic E-state index is 11.5. The quantitative estimate of drug-likeness (QED) is 0.769. The topological polar surface area (TPSA) is 35.5 Å². The molecule has 0 radical (unpaired) electrons. The van der Waals surface area contributed by atoms with E-state index in [2.05, 4.69) is 12.1 Å². The van der Waals surface area contributed by atoms with Gasteiger partial charge in [-0.1, -0.05) is 6.07 Å². The Labute approximate surface area is 108 Å². The third-order valence-corrected chi connectivity index (χ3v) is 3.41. The zero-order chi connectivity index (χ0) is 13.2. The summed E-state index contributed by atoms with van der Waals surface area (Å²) in [6.45, 7) is 3.98. The molecule has 0 atom stereocenters. The van der Waals surface area contributed by atoms with Crippen LogP contribution in [-0.2, 0) is 22.4 Å². The van der Waals surface area contributed by atoms with Crippen LogP contribution in [0, 0.1) is 5.41 Å². The minimum Gasteiger partial charge on any atom is -0.492 e. The van der Waals surface area contributed by atoms with Gasteiger partial charge in [0, 0.05) is 0 Å². The zero-order valence-electron chi connectivity index (χ0n) is 11.3. The summed E-state index contributed by atoms with van der Waals surface area (Å²) in [4.78, 5) is 11.5. The number of methoxy groups -OCH3 is 1. The van der Waals surface area contributed by atoms with E-state index in [0.29, 0.717) is 6.61 Å². The number of esters is 1. The van der Waals surface area contributed by atoms with Gasteiger partial charge >= 0.3 is 5.97 Å². The molecular formula is C15H20O3. The highest BCUT2D eigenvalue weighted by Gasteiger charge is 2.29. The van der Waals surface area contributed by atoms with Crippen molar-refractivity contribution in [1.29, 1.82) is 0 Å². The molecule has 0 N–H and O–H groups in total. The second kappa shape index (κ2) is 5.01. The van der Waals surface area contributed by atoms with Gasteiger partial charge in [0.25, 0.3) is 0 Å². The number of rotatable bonds is 4. The predicted octanol–water partition coefficient (Wildman–Crippen LogP) is 2.75. The van der Waals surface area contributed by atoms with Crippen LogP contribution in [0.3, 0.4) is 0 Å². The van der Waals surface area contributed by atoms with Gasteiger partial charge in [0.15, 0.2) is 0 Å². The van der Waals surface area contributed by atoms with E-state index in [1.54, 1.807) is 0 Å². The molecule has 0 spiro atoms. The summed E-state index contributed by atoms with van der Waals surface area (Å²) < 4.78 is 10.5. The SMILES string of the molecule is COC(=O)C(C)(C)COc1ccc2c(c1)CCC2. The van der Waals surface area contributed by atoms with Gasteiger partial charge in [-0.05, 0) is 56.4 Å². The molecule has 0 unspecified atom stereocenters. The fourth-order valence-corrected chi connectivity index (χ4v) is 2.24. The maximum absolute atomic E-state index is 11.5. The fraction of sp³-hybridized carbons (Fsp3) is 0.533. The van der Waals surface area contributed by atoms with E-state index in [0.717, 1.165) is 12.2 Å². The first-order chi connectivity index (χ1) is 8.53. The van der Waals surface area contributed by atoms with Gasteiger partial charge in [0.1, 0.15) is 12.4 Å². The summed E-state index contributed by atoms with van der Waals surface area (Å²) in [5.41, 5.74) is 2.19. The lowest BCUT2D eigenvalue weighted by molar-refractivity contribution is -0.152. The van der Waals surface area contributed by atoms with Crippen molar-refractivity contribution in [2.24, 2.45) is 5.41 Å². The van der Waals surface area contributed by atoms with E-state index < -0.39 is 5.41 Å². The van der Waals surface area contributed by atoms with Crippen LogP contribution >= 0.6 is 0 Å². The number of hydrogen-bond acceptors (Lipinski definition) is 3.